The van der Waals surface area contributed by atoms with Crippen molar-refractivity contribution in [2.45, 2.75) is 46.6 Å². The molecule has 0 aromatic heterocycles. The molecule has 1 unspecified atom stereocenters. The zero-order chi connectivity index (χ0) is 13.9. The summed E-state index contributed by atoms with van der Waals surface area (Å²) < 4.78 is 31.2. The van der Waals surface area contributed by atoms with Gasteiger partial charge in [0.25, 0.3) is 10.1 Å². The fourth-order valence-corrected chi connectivity index (χ4v) is 3.11. The van der Waals surface area contributed by atoms with E-state index < -0.39 is 15.7 Å². The van der Waals surface area contributed by atoms with Gasteiger partial charge in [0.15, 0.2) is 0 Å². The molecule has 17 heavy (non-hydrogen) atoms. The van der Waals surface area contributed by atoms with Gasteiger partial charge >= 0.3 is 0 Å². The van der Waals surface area contributed by atoms with Gasteiger partial charge in [-0.2, -0.15) is 8.42 Å². The highest BCUT2D eigenvalue weighted by atomic mass is 32.2. The van der Waals surface area contributed by atoms with Crippen molar-refractivity contribution in [2.75, 3.05) is 12.3 Å². The molecule has 5 heteroatoms. The van der Waals surface area contributed by atoms with Crippen molar-refractivity contribution in [3.8, 4) is 0 Å². The van der Waals surface area contributed by atoms with Gasteiger partial charge in [0, 0.05) is 12.1 Å². The van der Waals surface area contributed by atoms with Crippen molar-refractivity contribution in [2.24, 2.45) is 5.41 Å². The molecule has 0 spiro atoms. The lowest BCUT2D eigenvalue weighted by atomic mass is 9.81. The van der Waals surface area contributed by atoms with Crippen LogP contribution in [-0.4, -0.2) is 30.8 Å². The van der Waals surface area contributed by atoms with E-state index >= 15 is 0 Å². The second kappa shape index (κ2) is 5.50. The van der Waals surface area contributed by atoms with E-state index in [0.29, 0.717) is 13.0 Å². The largest absolute Gasteiger partial charge is 0.307 e. The molecule has 0 saturated carbocycles. The molecule has 0 aliphatic rings. The predicted octanol–water partition coefficient (Wildman–Crippen LogP) is 2.23. The Balaban J connectivity index is 4.87. The van der Waals surface area contributed by atoms with Gasteiger partial charge in [-0.3, -0.25) is 4.55 Å². The molecule has 1 atom stereocenters. The molecule has 0 aromatic rings. The predicted molar refractivity (Wildman–Crippen MR) is 71.7 cm³/mol. The van der Waals surface area contributed by atoms with Crippen molar-refractivity contribution in [1.29, 1.82) is 0 Å². The smallest absolute Gasteiger partial charge is 0.266 e. The van der Waals surface area contributed by atoms with E-state index in [9.17, 15) is 8.42 Å². The minimum Gasteiger partial charge on any atom is -0.307 e. The van der Waals surface area contributed by atoms with Crippen molar-refractivity contribution >= 4 is 10.1 Å². The first kappa shape index (κ1) is 16.6. The number of hydrogen-bond donors (Lipinski definition) is 2. The van der Waals surface area contributed by atoms with Gasteiger partial charge in [-0.15, -0.1) is 0 Å². The number of nitrogens with one attached hydrogen (secondary N) is 1. The average molecular weight is 263 g/mol. The fourth-order valence-electron chi connectivity index (χ4n) is 2.10. The van der Waals surface area contributed by atoms with Gasteiger partial charge in [-0.1, -0.05) is 32.9 Å². The SMILES string of the molecule is C=C(C)CNC(C)(CC(C)(C)C)CS(=O)(=O)O. The van der Waals surface area contributed by atoms with Gasteiger partial charge < -0.3 is 5.32 Å². The molecule has 0 radical (unpaired) electrons. The molecule has 0 bridgehead atoms. The quantitative estimate of drug-likeness (QED) is 0.570. The van der Waals surface area contributed by atoms with Crippen molar-refractivity contribution in [3.05, 3.63) is 12.2 Å². The first-order chi connectivity index (χ1) is 7.33. The van der Waals surface area contributed by atoms with Crippen molar-refractivity contribution < 1.29 is 13.0 Å². The summed E-state index contributed by atoms with van der Waals surface area (Å²) in [6.45, 7) is 14.1. The van der Waals surface area contributed by atoms with Crippen LogP contribution in [-0.2, 0) is 10.1 Å². The zero-order valence-corrected chi connectivity index (χ0v) is 12.3. The molecular formula is C12H25NO3S. The van der Waals surface area contributed by atoms with E-state index in [1.54, 1.807) is 0 Å². The second-order valence-electron chi connectivity index (χ2n) is 6.34. The third-order valence-corrected chi connectivity index (χ3v) is 3.24. The van der Waals surface area contributed by atoms with Gasteiger partial charge in [-0.05, 0) is 25.7 Å². The standard InChI is InChI=1S/C12H25NO3S/c1-10(2)7-13-12(6,8-11(3,4)5)9-17(14,15)16/h13H,1,7-9H2,2-6H3,(H,14,15,16). The number of hydrogen-bond acceptors (Lipinski definition) is 3. The minimum absolute atomic E-state index is 0.0263. The van der Waals surface area contributed by atoms with Crippen molar-refractivity contribution in [3.63, 3.8) is 0 Å². The van der Waals surface area contributed by atoms with Crippen LogP contribution in [0.3, 0.4) is 0 Å². The van der Waals surface area contributed by atoms with Crippen LogP contribution in [0.15, 0.2) is 12.2 Å². The molecular weight excluding hydrogens is 238 g/mol. The summed E-state index contributed by atoms with van der Waals surface area (Å²) in [5.41, 5.74) is 0.257. The minimum atomic E-state index is -3.99. The molecule has 0 aromatic carbocycles. The van der Waals surface area contributed by atoms with Crippen LogP contribution in [0.1, 0.15) is 41.0 Å². The Morgan fingerprint density at radius 2 is 1.76 bits per heavy atom. The highest BCUT2D eigenvalue weighted by Crippen LogP contribution is 2.28. The lowest BCUT2D eigenvalue weighted by Crippen LogP contribution is -2.50. The Bertz CT molecular complexity index is 368. The Kier molecular flexibility index (Phi) is 5.38. The Hall–Kier alpha value is -0.390. The van der Waals surface area contributed by atoms with Crippen LogP contribution >= 0.6 is 0 Å². The van der Waals surface area contributed by atoms with Crippen LogP contribution in [0.25, 0.3) is 0 Å². The Labute approximate surface area is 105 Å². The second-order valence-corrected chi connectivity index (χ2v) is 7.79. The lowest BCUT2D eigenvalue weighted by Gasteiger charge is -2.36. The Morgan fingerprint density at radius 1 is 1.29 bits per heavy atom. The molecule has 0 rings (SSSR count). The molecule has 0 aliphatic carbocycles. The molecule has 0 aliphatic heterocycles. The van der Waals surface area contributed by atoms with Crippen molar-refractivity contribution in [1.82, 2.24) is 5.32 Å². The fraction of sp³-hybridized carbons (Fsp3) is 0.833. The summed E-state index contributed by atoms with van der Waals surface area (Å²) in [6.07, 6.45) is 0.646. The highest BCUT2D eigenvalue weighted by Gasteiger charge is 2.33. The molecule has 0 fully saturated rings. The summed E-state index contributed by atoms with van der Waals surface area (Å²) in [5.74, 6) is -0.287. The molecule has 4 nitrogen and oxygen atoms in total. The van der Waals surface area contributed by atoms with Gasteiger partial charge in [0.05, 0.1) is 5.75 Å². The van der Waals surface area contributed by atoms with Crippen LogP contribution < -0.4 is 5.32 Å². The van der Waals surface area contributed by atoms with Crippen LogP contribution in [0.2, 0.25) is 0 Å². The molecule has 2 N–H and O–H groups in total. The Morgan fingerprint density at radius 3 is 2.06 bits per heavy atom. The maximum atomic E-state index is 11.1. The maximum absolute atomic E-state index is 11.1. The number of rotatable bonds is 6. The summed E-state index contributed by atoms with van der Waals surface area (Å²) in [6, 6.07) is 0. The molecule has 0 saturated heterocycles. The van der Waals surface area contributed by atoms with Crippen LogP contribution in [0.4, 0.5) is 0 Å². The van der Waals surface area contributed by atoms with E-state index in [2.05, 4.69) is 11.9 Å². The summed E-state index contributed by atoms with van der Waals surface area (Å²) in [4.78, 5) is 0. The van der Waals surface area contributed by atoms with E-state index in [0.717, 1.165) is 5.57 Å². The molecule has 0 amide bonds. The van der Waals surface area contributed by atoms with Crippen LogP contribution in [0.5, 0.6) is 0 Å². The monoisotopic (exact) mass is 263 g/mol. The third kappa shape index (κ3) is 9.32. The zero-order valence-electron chi connectivity index (χ0n) is 11.5. The van der Waals surface area contributed by atoms with Gasteiger partial charge in [0.1, 0.15) is 0 Å². The van der Waals surface area contributed by atoms with E-state index in [1.807, 2.05) is 34.6 Å². The third-order valence-electron chi connectivity index (χ3n) is 2.24. The van der Waals surface area contributed by atoms with E-state index in [-0.39, 0.29) is 11.2 Å². The first-order valence-electron chi connectivity index (χ1n) is 5.68. The lowest BCUT2D eigenvalue weighted by molar-refractivity contribution is 0.246. The van der Waals surface area contributed by atoms with Crippen LogP contribution in [0, 0.1) is 5.41 Å². The molecule has 102 valence electrons. The van der Waals surface area contributed by atoms with E-state index in [4.69, 9.17) is 4.55 Å². The normalized spacial score (nSPS) is 16.6. The summed E-state index contributed by atoms with van der Waals surface area (Å²) >= 11 is 0. The van der Waals surface area contributed by atoms with Gasteiger partial charge in [-0.25, -0.2) is 0 Å². The average Bonchev–Trinajstić information content (AvgIpc) is 1.93. The van der Waals surface area contributed by atoms with E-state index in [1.165, 1.54) is 0 Å². The highest BCUT2D eigenvalue weighted by molar-refractivity contribution is 7.85. The first-order valence-corrected chi connectivity index (χ1v) is 7.29. The summed E-state index contributed by atoms with van der Waals surface area (Å²) in [7, 11) is -3.99. The maximum Gasteiger partial charge on any atom is 0.266 e. The van der Waals surface area contributed by atoms with Gasteiger partial charge in [0.2, 0.25) is 0 Å². The molecule has 0 heterocycles. The topological polar surface area (TPSA) is 66.4 Å². The summed E-state index contributed by atoms with van der Waals surface area (Å²) in [5, 5.41) is 3.17.